The molecule has 2 aromatic heterocycles. The number of aldehydes is 1. The highest BCUT2D eigenvalue weighted by atomic mass is 32.2. The second-order valence-electron chi connectivity index (χ2n) is 2.61. The van der Waals surface area contributed by atoms with Crippen LogP contribution in [-0.2, 0) is 0 Å². The number of hydrogen-bond donors (Lipinski definition) is 1. The first-order valence-electron chi connectivity index (χ1n) is 3.88. The topological polar surface area (TPSA) is 58.6 Å². The third-order valence-electron chi connectivity index (χ3n) is 1.50. The Hall–Kier alpha value is -1.14. The molecule has 0 aliphatic carbocycles. The van der Waals surface area contributed by atoms with Gasteiger partial charge >= 0.3 is 0 Å². The van der Waals surface area contributed by atoms with Gasteiger partial charge in [0.2, 0.25) is 5.16 Å². The maximum absolute atomic E-state index is 10.4. The molecule has 1 N–H and O–H groups in total. The average molecular weight is 225 g/mol. The summed E-state index contributed by atoms with van der Waals surface area (Å²) in [5, 5.41) is 9.35. The Balaban J connectivity index is 2.14. The summed E-state index contributed by atoms with van der Waals surface area (Å²) < 4.78 is 0. The van der Waals surface area contributed by atoms with Crippen LogP contribution in [0.5, 0.6) is 0 Å². The second-order valence-corrected chi connectivity index (χ2v) is 4.59. The lowest BCUT2D eigenvalue weighted by Crippen LogP contribution is -1.73. The van der Waals surface area contributed by atoms with Crippen LogP contribution in [-0.4, -0.2) is 21.5 Å². The van der Waals surface area contributed by atoms with Gasteiger partial charge in [-0.3, -0.25) is 9.89 Å². The van der Waals surface area contributed by atoms with E-state index in [-0.39, 0.29) is 0 Å². The number of aromatic amines is 1. The van der Waals surface area contributed by atoms with E-state index in [1.165, 1.54) is 23.1 Å². The third-order valence-corrected chi connectivity index (χ3v) is 3.34. The fourth-order valence-corrected chi connectivity index (χ4v) is 2.58. The normalized spacial score (nSPS) is 10.4. The summed E-state index contributed by atoms with van der Waals surface area (Å²) in [7, 11) is 0. The maximum Gasteiger partial charge on any atom is 0.213 e. The van der Waals surface area contributed by atoms with Gasteiger partial charge in [0, 0.05) is 10.3 Å². The van der Waals surface area contributed by atoms with Crippen LogP contribution in [0.1, 0.15) is 15.5 Å². The van der Waals surface area contributed by atoms with Crippen LogP contribution in [0.2, 0.25) is 0 Å². The number of aryl methyl sites for hydroxylation is 1. The molecule has 0 amide bonds. The molecule has 0 aromatic carbocycles. The first-order chi connectivity index (χ1) is 6.78. The van der Waals surface area contributed by atoms with Crippen molar-refractivity contribution in [1.29, 1.82) is 0 Å². The number of H-pyrrole nitrogens is 1. The van der Waals surface area contributed by atoms with E-state index in [2.05, 4.69) is 15.2 Å². The van der Waals surface area contributed by atoms with E-state index >= 15 is 0 Å². The van der Waals surface area contributed by atoms with Crippen molar-refractivity contribution in [3.63, 3.8) is 0 Å². The molecule has 0 aliphatic heterocycles. The summed E-state index contributed by atoms with van der Waals surface area (Å²) >= 11 is 2.86. The molecule has 0 saturated carbocycles. The van der Waals surface area contributed by atoms with Crippen LogP contribution >= 0.6 is 23.1 Å². The highest BCUT2D eigenvalue weighted by Crippen LogP contribution is 2.28. The van der Waals surface area contributed by atoms with Gasteiger partial charge in [0.05, 0.1) is 4.88 Å². The first-order valence-corrected chi connectivity index (χ1v) is 5.58. The molecule has 0 unspecified atom stereocenters. The summed E-state index contributed by atoms with van der Waals surface area (Å²) in [5.41, 5.74) is 0. The molecule has 14 heavy (non-hydrogen) atoms. The number of nitrogens with zero attached hydrogens (tertiary/aromatic N) is 2. The molecule has 0 fully saturated rings. The van der Waals surface area contributed by atoms with Crippen molar-refractivity contribution in [3.8, 4) is 0 Å². The van der Waals surface area contributed by atoms with Gasteiger partial charge in [0.25, 0.3) is 0 Å². The molecule has 0 saturated heterocycles. The lowest BCUT2D eigenvalue weighted by molar-refractivity contribution is 0.112. The Morgan fingerprint density at radius 1 is 1.64 bits per heavy atom. The highest BCUT2D eigenvalue weighted by Gasteiger charge is 2.04. The van der Waals surface area contributed by atoms with Gasteiger partial charge in [0.1, 0.15) is 5.82 Å². The molecule has 0 aliphatic rings. The Morgan fingerprint density at radius 3 is 3.07 bits per heavy atom. The van der Waals surface area contributed by atoms with Gasteiger partial charge in [-0.1, -0.05) is 0 Å². The zero-order valence-electron chi connectivity index (χ0n) is 7.35. The van der Waals surface area contributed by atoms with Crippen LogP contribution in [0.3, 0.4) is 0 Å². The van der Waals surface area contributed by atoms with Gasteiger partial charge in [-0.05, 0) is 24.8 Å². The van der Waals surface area contributed by atoms with E-state index in [1.54, 1.807) is 0 Å². The first kappa shape index (κ1) is 9.42. The van der Waals surface area contributed by atoms with E-state index in [9.17, 15) is 4.79 Å². The predicted octanol–water partition coefficient (Wildman–Crippen LogP) is 2.14. The van der Waals surface area contributed by atoms with Crippen LogP contribution < -0.4 is 0 Å². The highest BCUT2D eigenvalue weighted by molar-refractivity contribution is 7.99. The van der Waals surface area contributed by atoms with Crippen molar-refractivity contribution < 1.29 is 4.79 Å². The van der Waals surface area contributed by atoms with E-state index in [0.717, 1.165) is 21.9 Å². The molecule has 0 bridgehead atoms. The van der Waals surface area contributed by atoms with Crippen molar-refractivity contribution in [3.05, 3.63) is 22.1 Å². The number of thiophene rings is 1. The van der Waals surface area contributed by atoms with Gasteiger partial charge in [-0.15, -0.1) is 16.4 Å². The lowest BCUT2D eigenvalue weighted by Gasteiger charge is -1.87. The number of carbonyl (C=O) groups excluding carboxylic acids is 1. The van der Waals surface area contributed by atoms with Crippen LogP contribution in [0.15, 0.2) is 21.5 Å². The molecular weight excluding hydrogens is 218 g/mol. The van der Waals surface area contributed by atoms with Gasteiger partial charge in [-0.25, -0.2) is 4.98 Å². The Morgan fingerprint density at radius 2 is 2.50 bits per heavy atom. The summed E-state index contributed by atoms with van der Waals surface area (Å²) in [4.78, 5) is 16.3. The van der Waals surface area contributed by atoms with E-state index in [4.69, 9.17) is 0 Å². The number of hydrogen-bond acceptors (Lipinski definition) is 5. The fraction of sp³-hybridized carbons (Fsp3) is 0.125. The minimum atomic E-state index is 0.678. The second kappa shape index (κ2) is 3.93. The molecule has 4 nitrogen and oxygen atoms in total. The van der Waals surface area contributed by atoms with Crippen LogP contribution in [0.4, 0.5) is 0 Å². The number of nitrogens with one attached hydrogen (secondary N) is 1. The third kappa shape index (κ3) is 2.02. The van der Waals surface area contributed by atoms with Crippen LogP contribution in [0.25, 0.3) is 0 Å². The van der Waals surface area contributed by atoms with Gasteiger partial charge in [-0.2, -0.15) is 0 Å². The zero-order chi connectivity index (χ0) is 9.97. The molecule has 0 atom stereocenters. The van der Waals surface area contributed by atoms with Gasteiger partial charge in [0.15, 0.2) is 6.29 Å². The van der Waals surface area contributed by atoms with Crippen molar-refractivity contribution in [2.24, 2.45) is 0 Å². The van der Waals surface area contributed by atoms with Crippen molar-refractivity contribution >= 4 is 29.4 Å². The summed E-state index contributed by atoms with van der Waals surface area (Å²) in [5.74, 6) is 0.790. The molecule has 0 radical (unpaired) electrons. The standard InChI is InChI=1S/C8H7N3OS2/c1-5-9-8(11-10-5)14-7-2-6(3-12)13-4-7/h2-4H,1H3,(H,9,10,11). The van der Waals surface area contributed by atoms with Crippen molar-refractivity contribution in [1.82, 2.24) is 15.2 Å². The fourth-order valence-electron chi connectivity index (χ4n) is 0.923. The molecule has 0 spiro atoms. The molecule has 2 heterocycles. The number of aromatic nitrogens is 3. The summed E-state index contributed by atoms with van der Waals surface area (Å²) in [6.45, 7) is 1.85. The smallest absolute Gasteiger partial charge is 0.213 e. The van der Waals surface area contributed by atoms with Crippen molar-refractivity contribution in [2.75, 3.05) is 0 Å². The van der Waals surface area contributed by atoms with Gasteiger partial charge < -0.3 is 0 Å². The Kier molecular flexibility index (Phi) is 2.64. The minimum absolute atomic E-state index is 0.678. The number of carbonyl (C=O) groups is 1. The molecule has 72 valence electrons. The zero-order valence-corrected chi connectivity index (χ0v) is 8.98. The minimum Gasteiger partial charge on any atom is -0.297 e. The Bertz CT molecular complexity index is 449. The molecule has 2 aromatic rings. The monoisotopic (exact) mass is 225 g/mol. The van der Waals surface area contributed by atoms with E-state index in [1.807, 2.05) is 18.4 Å². The van der Waals surface area contributed by atoms with Crippen molar-refractivity contribution in [2.45, 2.75) is 17.0 Å². The maximum atomic E-state index is 10.4. The molecule has 2 rings (SSSR count). The quantitative estimate of drug-likeness (QED) is 0.813. The van der Waals surface area contributed by atoms with Crippen LogP contribution in [0, 0.1) is 6.92 Å². The predicted molar refractivity (Wildman–Crippen MR) is 54.9 cm³/mol. The lowest BCUT2D eigenvalue weighted by atomic mass is 10.5. The average Bonchev–Trinajstić information content (AvgIpc) is 2.76. The summed E-state index contributed by atoms with van der Waals surface area (Å²) in [6.07, 6.45) is 0.845. The van der Waals surface area contributed by atoms with E-state index < -0.39 is 0 Å². The summed E-state index contributed by atoms with van der Waals surface area (Å²) in [6, 6.07) is 1.83. The molecule has 6 heteroatoms. The van der Waals surface area contributed by atoms with E-state index in [0.29, 0.717) is 5.16 Å². The number of rotatable bonds is 3. The molecular formula is C8H7N3OS2. The largest absolute Gasteiger partial charge is 0.297 e. The SMILES string of the molecule is Cc1nc(Sc2csc(C=O)c2)n[nH]1. The Labute approximate surface area is 88.8 Å².